The summed E-state index contributed by atoms with van der Waals surface area (Å²) in [7, 11) is 0. The minimum atomic E-state index is 0.318. The molecule has 0 saturated carbocycles. The second kappa shape index (κ2) is 5.12. The second-order valence-electron chi connectivity index (χ2n) is 2.97. The molecule has 1 heterocycles. The van der Waals surface area contributed by atoms with Gasteiger partial charge < -0.3 is 5.73 Å². The standard InChI is InChI=1S/C10H15NS/c1-9(11)5-2-3-6-10-7-4-8-12-10/h3-4,6-9H,2,5,11H2,1H3/b6-3+. The van der Waals surface area contributed by atoms with Gasteiger partial charge in [-0.05, 0) is 37.3 Å². The second-order valence-corrected chi connectivity index (χ2v) is 3.95. The van der Waals surface area contributed by atoms with Crippen molar-refractivity contribution in [3.05, 3.63) is 28.5 Å². The van der Waals surface area contributed by atoms with Crippen LogP contribution in [-0.2, 0) is 0 Å². The monoisotopic (exact) mass is 181 g/mol. The van der Waals surface area contributed by atoms with Gasteiger partial charge in [-0.25, -0.2) is 0 Å². The van der Waals surface area contributed by atoms with E-state index in [-0.39, 0.29) is 0 Å². The van der Waals surface area contributed by atoms with E-state index in [2.05, 4.69) is 29.7 Å². The zero-order valence-electron chi connectivity index (χ0n) is 7.36. The van der Waals surface area contributed by atoms with Crippen molar-refractivity contribution >= 4 is 17.4 Å². The molecule has 0 aliphatic rings. The molecule has 0 aliphatic carbocycles. The van der Waals surface area contributed by atoms with Gasteiger partial charge in [-0.1, -0.05) is 12.1 Å². The summed E-state index contributed by atoms with van der Waals surface area (Å²) >= 11 is 1.76. The molecular weight excluding hydrogens is 166 g/mol. The van der Waals surface area contributed by atoms with Crippen LogP contribution in [0.25, 0.3) is 6.08 Å². The molecule has 0 bridgehead atoms. The maximum Gasteiger partial charge on any atom is 0.0267 e. The highest BCUT2D eigenvalue weighted by Gasteiger charge is 1.90. The number of allylic oxidation sites excluding steroid dienone is 1. The maximum atomic E-state index is 5.62. The average molecular weight is 181 g/mol. The van der Waals surface area contributed by atoms with E-state index in [1.807, 2.05) is 6.92 Å². The molecule has 66 valence electrons. The first-order valence-corrected chi connectivity index (χ1v) is 5.12. The van der Waals surface area contributed by atoms with Crippen LogP contribution in [0.4, 0.5) is 0 Å². The lowest BCUT2D eigenvalue weighted by atomic mass is 10.2. The minimum Gasteiger partial charge on any atom is -0.328 e. The van der Waals surface area contributed by atoms with E-state index in [4.69, 9.17) is 5.73 Å². The van der Waals surface area contributed by atoms with E-state index < -0.39 is 0 Å². The molecule has 1 unspecified atom stereocenters. The largest absolute Gasteiger partial charge is 0.328 e. The fourth-order valence-electron chi connectivity index (χ4n) is 0.945. The predicted octanol–water partition coefficient (Wildman–Crippen LogP) is 2.89. The molecule has 0 fully saturated rings. The normalized spacial score (nSPS) is 13.8. The third-order valence-corrected chi connectivity index (χ3v) is 2.45. The smallest absolute Gasteiger partial charge is 0.0267 e. The van der Waals surface area contributed by atoms with Gasteiger partial charge in [0.15, 0.2) is 0 Å². The summed E-state index contributed by atoms with van der Waals surface area (Å²) < 4.78 is 0. The summed E-state index contributed by atoms with van der Waals surface area (Å²) in [5, 5.41) is 2.09. The van der Waals surface area contributed by atoms with Gasteiger partial charge in [0.1, 0.15) is 0 Å². The predicted molar refractivity (Wildman–Crippen MR) is 56.2 cm³/mol. The van der Waals surface area contributed by atoms with Crippen LogP contribution in [0.1, 0.15) is 24.6 Å². The molecular formula is C10H15NS. The Morgan fingerprint density at radius 1 is 1.67 bits per heavy atom. The topological polar surface area (TPSA) is 26.0 Å². The Bertz CT molecular complexity index is 224. The Morgan fingerprint density at radius 3 is 3.08 bits per heavy atom. The fourth-order valence-corrected chi connectivity index (χ4v) is 1.59. The van der Waals surface area contributed by atoms with Gasteiger partial charge in [0.05, 0.1) is 0 Å². The number of hydrogen-bond donors (Lipinski definition) is 1. The molecule has 1 nitrogen and oxygen atoms in total. The van der Waals surface area contributed by atoms with Crippen molar-refractivity contribution in [2.24, 2.45) is 5.73 Å². The van der Waals surface area contributed by atoms with E-state index in [0.717, 1.165) is 12.8 Å². The zero-order valence-corrected chi connectivity index (χ0v) is 8.18. The van der Waals surface area contributed by atoms with Crippen LogP contribution < -0.4 is 5.73 Å². The molecule has 2 heteroatoms. The van der Waals surface area contributed by atoms with Crippen LogP contribution in [0, 0.1) is 0 Å². The molecule has 0 saturated heterocycles. The van der Waals surface area contributed by atoms with Gasteiger partial charge in [0, 0.05) is 10.9 Å². The van der Waals surface area contributed by atoms with Crippen molar-refractivity contribution in [3.63, 3.8) is 0 Å². The molecule has 0 amide bonds. The van der Waals surface area contributed by atoms with Crippen molar-refractivity contribution in [2.45, 2.75) is 25.8 Å². The van der Waals surface area contributed by atoms with Crippen LogP contribution in [0.2, 0.25) is 0 Å². The number of nitrogens with two attached hydrogens (primary N) is 1. The van der Waals surface area contributed by atoms with Gasteiger partial charge in [-0.3, -0.25) is 0 Å². The quantitative estimate of drug-likeness (QED) is 0.759. The maximum absolute atomic E-state index is 5.62. The number of hydrogen-bond acceptors (Lipinski definition) is 2. The highest BCUT2D eigenvalue weighted by Crippen LogP contribution is 2.11. The summed E-state index contributed by atoms with van der Waals surface area (Å²) in [6.45, 7) is 2.04. The minimum absolute atomic E-state index is 0.318. The first-order chi connectivity index (χ1) is 5.79. The summed E-state index contributed by atoms with van der Waals surface area (Å²) in [4.78, 5) is 1.32. The first-order valence-electron chi connectivity index (χ1n) is 4.24. The summed E-state index contributed by atoms with van der Waals surface area (Å²) in [5.41, 5.74) is 5.62. The molecule has 1 rings (SSSR count). The summed E-state index contributed by atoms with van der Waals surface area (Å²) in [6, 6.07) is 4.50. The molecule has 1 atom stereocenters. The van der Waals surface area contributed by atoms with E-state index in [1.165, 1.54) is 4.88 Å². The van der Waals surface area contributed by atoms with Crippen molar-refractivity contribution < 1.29 is 0 Å². The molecule has 0 aromatic carbocycles. The molecule has 0 spiro atoms. The molecule has 0 aliphatic heterocycles. The third-order valence-electron chi connectivity index (χ3n) is 1.61. The van der Waals surface area contributed by atoms with Crippen molar-refractivity contribution in [3.8, 4) is 0 Å². The van der Waals surface area contributed by atoms with Crippen LogP contribution >= 0.6 is 11.3 Å². The molecule has 12 heavy (non-hydrogen) atoms. The zero-order chi connectivity index (χ0) is 8.81. The van der Waals surface area contributed by atoms with E-state index >= 15 is 0 Å². The Kier molecular flexibility index (Phi) is 4.05. The number of thiophene rings is 1. The van der Waals surface area contributed by atoms with Crippen LogP contribution in [0.15, 0.2) is 23.6 Å². The van der Waals surface area contributed by atoms with Crippen molar-refractivity contribution in [1.29, 1.82) is 0 Å². The lowest BCUT2D eigenvalue weighted by Crippen LogP contribution is -2.13. The number of rotatable bonds is 4. The average Bonchev–Trinajstić information content (AvgIpc) is 2.49. The van der Waals surface area contributed by atoms with Crippen LogP contribution in [0.3, 0.4) is 0 Å². The highest BCUT2D eigenvalue weighted by molar-refractivity contribution is 7.10. The lowest BCUT2D eigenvalue weighted by Gasteiger charge is -1.98. The van der Waals surface area contributed by atoms with Gasteiger partial charge in [-0.15, -0.1) is 11.3 Å². The SMILES string of the molecule is CC(N)CC/C=C/c1cccs1. The van der Waals surface area contributed by atoms with Gasteiger partial charge in [0.2, 0.25) is 0 Å². The Morgan fingerprint density at radius 2 is 2.50 bits per heavy atom. The Balaban J connectivity index is 2.23. The van der Waals surface area contributed by atoms with Gasteiger partial charge >= 0.3 is 0 Å². The highest BCUT2D eigenvalue weighted by atomic mass is 32.1. The third kappa shape index (κ3) is 3.69. The summed E-state index contributed by atoms with van der Waals surface area (Å²) in [5.74, 6) is 0. The molecule has 2 N–H and O–H groups in total. The van der Waals surface area contributed by atoms with E-state index in [1.54, 1.807) is 11.3 Å². The molecule has 1 aromatic rings. The fraction of sp³-hybridized carbons (Fsp3) is 0.400. The Labute approximate surface area is 77.9 Å². The van der Waals surface area contributed by atoms with Crippen molar-refractivity contribution in [1.82, 2.24) is 0 Å². The molecule has 0 radical (unpaired) electrons. The summed E-state index contributed by atoms with van der Waals surface area (Å²) in [6.07, 6.45) is 6.50. The van der Waals surface area contributed by atoms with Gasteiger partial charge in [0.25, 0.3) is 0 Å². The van der Waals surface area contributed by atoms with Crippen molar-refractivity contribution in [2.75, 3.05) is 0 Å². The van der Waals surface area contributed by atoms with E-state index in [0.29, 0.717) is 6.04 Å². The van der Waals surface area contributed by atoms with Crippen LogP contribution in [0.5, 0.6) is 0 Å². The van der Waals surface area contributed by atoms with Crippen LogP contribution in [-0.4, -0.2) is 6.04 Å². The first kappa shape index (κ1) is 9.49. The lowest BCUT2D eigenvalue weighted by molar-refractivity contribution is 0.677. The van der Waals surface area contributed by atoms with E-state index in [9.17, 15) is 0 Å². The molecule has 1 aromatic heterocycles. The Hall–Kier alpha value is -0.600. The van der Waals surface area contributed by atoms with Gasteiger partial charge in [-0.2, -0.15) is 0 Å².